The average Bonchev–Trinajstić information content (AvgIpc) is 2.17. The third kappa shape index (κ3) is 1.52. The number of hydrogen-bond acceptors (Lipinski definition) is 4. The first-order valence-electron chi connectivity index (χ1n) is 4.47. The van der Waals surface area contributed by atoms with Gasteiger partial charge in [-0.15, -0.1) is 0 Å². The Labute approximate surface area is 85.9 Å². The van der Waals surface area contributed by atoms with Crippen molar-refractivity contribution in [1.82, 2.24) is 9.97 Å². The van der Waals surface area contributed by atoms with Gasteiger partial charge in [0, 0.05) is 11.8 Å². The highest BCUT2D eigenvalue weighted by Gasteiger charge is 2.17. The Hall–Kier alpha value is -2.04. The number of aryl methyl sites for hydroxylation is 2. The highest BCUT2D eigenvalue weighted by molar-refractivity contribution is 5.85. The second-order valence-electron chi connectivity index (χ2n) is 3.37. The summed E-state index contributed by atoms with van der Waals surface area (Å²) in [6, 6.07) is 3.44. The van der Waals surface area contributed by atoms with Crippen molar-refractivity contribution in [3.8, 4) is 0 Å². The second-order valence-corrected chi connectivity index (χ2v) is 3.37. The first kappa shape index (κ1) is 9.51. The molecule has 1 aromatic heterocycles. The molecule has 0 aliphatic rings. The van der Waals surface area contributed by atoms with E-state index in [4.69, 9.17) is 0 Å². The zero-order valence-electron chi connectivity index (χ0n) is 8.39. The molecule has 0 aliphatic carbocycles. The van der Waals surface area contributed by atoms with Crippen LogP contribution in [0.15, 0.2) is 18.3 Å². The predicted octanol–water partition coefficient (Wildman–Crippen LogP) is 2.15. The van der Waals surface area contributed by atoms with E-state index in [1.165, 1.54) is 6.20 Å². The minimum Gasteiger partial charge on any atom is -0.258 e. The fourth-order valence-corrected chi connectivity index (χ4v) is 1.49. The lowest BCUT2D eigenvalue weighted by Crippen LogP contribution is -1.96. The zero-order valence-corrected chi connectivity index (χ0v) is 8.39. The van der Waals surface area contributed by atoms with E-state index in [9.17, 15) is 10.1 Å². The summed E-state index contributed by atoms with van der Waals surface area (Å²) < 4.78 is 0. The number of aromatic nitrogens is 2. The van der Waals surface area contributed by atoms with Crippen molar-refractivity contribution in [2.45, 2.75) is 13.8 Å². The molecule has 5 nitrogen and oxygen atoms in total. The number of fused-ring (bicyclic) bond motifs is 1. The monoisotopic (exact) mass is 203 g/mol. The summed E-state index contributed by atoms with van der Waals surface area (Å²) in [5.74, 6) is 0. The van der Waals surface area contributed by atoms with Gasteiger partial charge in [-0.2, -0.15) is 0 Å². The Bertz CT molecular complexity index is 552. The number of nitrogens with zero attached hydrogens (tertiary/aromatic N) is 3. The van der Waals surface area contributed by atoms with E-state index >= 15 is 0 Å². The van der Waals surface area contributed by atoms with Gasteiger partial charge in [0.2, 0.25) is 0 Å². The van der Waals surface area contributed by atoms with E-state index in [1.807, 2.05) is 0 Å². The quantitative estimate of drug-likeness (QED) is 0.526. The highest BCUT2D eigenvalue weighted by Crippen LogP contribution is 2.26. The molecule has 0 fully saturated rings. The number of rotatable bonds is 1. The molecule has 0 unspecified atom stereocenters. The molecule has 0 saturated carbocycles. The van der Waals surface area contributed by atoms with Crippen molar-refractivity contribution >= 4 is 16.7 Å². The molecular formula is C10H9N3O2. The van der Waals surface area contributed by atoms with Crippen LogP contribution in [-0.2, 0) is 0 Å². The fourth-order valence-electron chi connectivity index (χ4n) is 1.49. The summed E-state index contributed by atoms with van der Waals surface area (Å²) in [4.78, 5) is 18.7. The van der Waals surface area contributed by atoms with E-state index < -0.39 is 4.92 Å². The van der Waals surface area contributed by atoms with Crippen LogP contribution >= 0.6 is 0 Å². The number of nitro groups is 1. The molecule has 2 rings (SSSR count). The molecule has 0 radical (unpaired) electrons. The SMILES string of the molecule is Cc1cnc2c([N+](=O)[O-])c(C)ccc2n1. The van der Waals surface area contributed by atoms with Crippen molar-refractivity contribution < 1.29 is 4.92 Å². The number of hydrogen-bond donors (Lipinski definition) is 0. The summed E-state index contributed by atoms with van der Waals surface area (Å²) in [5.41, 5.74) is 2.31. The van der Waals surface area contributed by atoms with E-state index in [-0.39, 0.29) is 5.69 Å². The standard InChI is InChI=1S/C10H9N3O2/c1-6-3-4-8-9(10(6)13(14)15)11-5-7(2)12-8/h3-5H,1-2H3. The Morgan fingerprint density at radius 2 is 2.07 bits per heavy atom. The summed E-state index contributed by atoms with van der Waals surface area (Å²) in [7, 11) is 0. The van der Waals surface area contributed by atoms with Gasteiger partial charge in [-0.25, -0.2) is 9.97 Å². The number of nitro benzene ring substituents is 1. The summed E-state index contributed by atoms with van der Waals surface area (Å²) in [6.07, 6.45) is 1.54. The minimum atomic E-state index is -0.415. The van der Waals surface area contributed by atoms with Gasteiger partial charge in [-0.05, 0) is 19.9 Å². The van der Waals surface area contributed by atoms with Crippen LogP contribution in [0.25, 0.3) is 11.0 Å². The molecule has 1 aromatic carbocycles. The van der Waals surface area contributed by atoms with Crippen molar-refractivity contribution in [1.29, 1.82) is 0 Å². The van der Waals surface area contributed by atoms with Gasteiger partial charge in [-0.3, -0.25) is 10.1 Å². The second kappa shape index (κ2) is 3.27. The molecule has 2 aromatic rings. The Balaban J connectivity index is 2.88. The van der Waals surface area contributed by atoms with Crippen LogP contribution in [0.5, 0.6) is 0 Å². The van der Waals surface area contributed by atoms with Crippen molar-refractivity contribution in [3.05, 3.63) is 39.7 Å². The van der Waals surface area contributed by atoms with Gasteiger partial charge < -0.3 is 0 Å². The van der Waals surface area contributed by atoms with Crippen LogP contribution in [-0.4, -0.2) is 14.9 Å². The van der Waals surface area contributed by atoms with Crippen molar-refractivity contribution in [3.63, 3.8) is 0 Å². The third-order valence-electron chi connectivity index (χ3n) is 2.19. The molecule has 1 heterocycles. The van der Waals surface area contributed by atoms with Gasteiger partial charge in [0.1, 0.15) is 0 Å². The van der Waals surface area contributed by atoms with Gasteiger partial charge in [-0.1, -0.05) is 6.07 Å². The predicted molar refractivity (Wildman–Crippen MR) is 55.7 cm³/mol. The molecule has 0 N–H and O–H groups in total. The van der Waals surface area contributed by atoms with Crippen molar-refractivity contribution in [2.75, 3.05) is 0 Å². The first-order valence-corrected chi connectivity index (χ1v) is 4.47. The van der Waals surface area contributed by atoms with E-state index in [2.05, 4.69) is 9.97 Å². The van der Waals surface area contributed by atoms with Gasteiger partial charge >= 0.3 is 0 Å². The third-order valence-corrected chi connectivity index (χ3v) is 2.19. The lowest BCUT2D eigenvalue weighted by molar-refractivity contribution is -0.383. The largest absolute Gasteiger partial charge is 0.299 e. The molecule has 0 spiro atoms. The van der Waals surface area contributed by atoms with E-state index in [1.54, 1.807) is 26.0 Å². The van der Waals surface area contributed by atoms with Crippen molar-refractivity contribution in [2.24, 2.45) is 0 Å². The van der Waals surface area contributed by atoms with Crippen LogP contribution < -0.4 is 0 Å². The molecule has 0 atom stereocenters. The lowest BCUT2D eigenvalue weighted by atomic mass is 10.1. The van der Waals surface area contributed by atoms with Crippen LogP contribution in [0, 0.1) is 24.0 Å². The molecule has 5 heteroatoms. The summed E-state index contributed by atoms with van der Waals surface area (Å²) >= 11 is 0. The topological polar surface area (TPSA) is 68.9 Å². The van der Waals surface area contributed by atoms with E-state index in [0.29, 0.717) is 16.6 Å². The van der Waals surface area contributed by atoms with Gasteiger partial charge in [0.15, 0.2) is 5.52 Å². The number of benzene rings is 1. The molecule has 0 saturated heterocycles. The average molecular weight is 203 g/mol. The maximum absolute atomic E-state index is 10.9. The first-order chi connectivity index (χ1) is 7.09. The highest BCUT2D eigenvalue weighted by atomic mass is 16.6. The van der Waals surface area contributed by atoms with Gasteiger partial charge in [0.05, 0.1) is 16.1 Å². The molecule has 0 bridgehead atoms. The normalized spacial score (nSPS) is 10.5. The molecule has 0 aliphatic heterocycles. The maximum atomic E-state index is 10.9. The van der Waals surface area contributed by atoms with E-state index in [0.717, 1.165) is 5.69 Å². The summed E-state index contributed by atoms with van der Waals surface area (Å²) in [6.45, 7) is 3.50. The Morgan fingerprint density at radius 3 is 2.73 bits per heavy atom. The zero-order chi connectivity index (χ0) is 11.0. The molecule has 15 heavy (non-hydrogen) atoms. The Morgan fingerprint density at radius 1 is 1.33 bits per heavy atom. The van der Waals surface area contributed by atoms with Crippen LogP contribution in [0.3, 0.4) is 0 Å². The lowest BCUT2D eigenvalue weighted by Gasteiger charge is -2.01. The molecule has 76 valence electrons. The van der Waals surface area contributed by atoms with Crippen LogP contribution in [0.1, 0.15) is 11.3 Å². The fraction of sp³-hybridized carbons (Fsp3) is 0.200. The van der Waals surface area contributed by atoms with Crippen LogP contribution in [0.4, 0.5) is 5.69 Å². The minimum absolute atomic E-state index is 0.0417. The smallest absolute Gasteiger partial charge is 0.258 e. The maximum Gasteiger partial charge on any atom is 0.299 e. The van der Waals surface area contributed by atoms with Gasteiger partial charge in [0.25, 0.3) is 5.69 Å². The van der Waals surface area contributed by atoms with Crippen LogP contribution in [0.2, 0.25) is 0 Å². The molecule has 0 amide bonds. The molecular weight excluding hydrogens is 194 g/mol. The Kier molecular flexibility index (Phi) is 2.07. The summed E-state index contributed by atoms with van der Waals surface area (Å²) in [5, 5.41) is 10.9.